The Labute approximate surface area is 155 Å². The van der Waals surface area contributed by atoms with Gasteiger partial charge in [-0.25, -0.2) is 0 Å². The quantitative estimate of drug-likeness (QED) is 0.521. The molecule has 0 spiro atoms. The first kappa shape index (κ1) is 18.9. The number of halogens is 1. The van der Waals surface area contributed by atoms with Gasteiger partial charge in [0.1, 0.15) is 5.75 Å². The van der Waals surface area contributed by atoms with E-state index in [0.717, 1.165) is 10.0 Å². The molecule has 5 nitrogen and oxygen atoms in total. The van der Waals surface area contributed by atoms with Crippen LogP contribution in [0, 0.1) is 0 Å². The van der Waals surface area contributed by atoms with E-state index in [2.05, 4.69) is 21.2 Å². The molecule has 25 heavy (non-hydrogen) atoms. The van der Waals surface area contributed by atoms with Crippen LogP contribution in [0.5, 0.6) is 17.2 Å². The van der Waals surface area contributed by atoms with E-state index >= 15 is 0 Å². The molecule has 1 amide bonds. The molecule has 0 atom stereocenters. The smallest absolute Gasteiger partial charge is 0.248 e. The molecular formula is C19H20BrNO4. The Morgan fingerprint density at radius 1 is 1.16 bits per heavy atom. The summed E-state index contributed by atoms with van der Waals surface area (Å²) in [5.74, 6) is 1.15. The number of phenolic OH excluding ortho intramolecular Hbond substituents is 1. The lowest BCUT2D eigenvalue weighted by molar-refractivity contribution is -0.111. The fourth-order valence-corrected chi connectivity index (χ4v) is 2.71. The Kier molecular flexibility index (Phi) is 6.89. The number of benzene rings is 2. The van der Waals surface area contributed by atoms with Crippen LogP contribution in [0.3, 0.4) is 0 Å². The van der Waals surface area contributed by atoms with Crippen molar-refractivity contribution in [2.75, 3.05) is 18.5 Å². The molecule has 6 heteroatoms. The third-order valence-corrected chi connectivity index (χ3v) is 3.77. The average molecular weight is 406 g/mol. The molecule has 0 fully saturated rings. The van der Waals surface area contributed by atoms with Gasteiger partial charge in [-0.1, -0.05) is 0 Å². The van der Waals surface area contributed by atoms with Crippen LogP contribution in [-0.2, 0) is 4.79 Å². The van der Waals surface area contributed by atoms with E-state index in [1.807, 2.05) is 26.0 Å². The standard InChI is InChI=1S/C19H20BrNO4/c1-3-24-17-12-13(11-16(20)19(17)25-4-2)5-10-18(23)21-14-6-8-15(22)9-7-14/h5-12,22H,3-4H2,1-2H3,(H,21,23)/b10-5+. The Morgan fingerprint density at radius 2 is 1.84 bits per heavy atom. The SMILES string of the molecule is CCOc1cc(/C=C/C(=O)Nc2ccc(O)cc2)cc(Br)c1OCC. The molecule has 0 heterocycles. The maximum atomic E-state index is 12.0. The number of hydrogen-bond donors (Lipinski definition) is 2. The zero-order valence-corrected chi connectivity index (χ0v) is 15.7. The first-order valence-corrected chi connectivity index (χ1v) is 8.70. The van der Waals surface area contributed by atoms with E-state index in [1.165, 1.54) is 18.2 Å². The molecule has 0 saturated carbocycles. The van der Waals surface area contributed by atoms with Crippen LogP contribution in [-0.4, -0.2) is 24.2 Å². The van der Waals surface area contributed by atoms with Crippen molar-refractivity contribution in [2.45, 2.75) is 13.8 Å². The van der Waals surface area contributed by atoms with Gasteiger partial charge in [-0.2, -0.15) is 0 Å². The lowest BCUT2D eigenvalue weighted by atomic mass is 10.2. The van der Waals surface area contributed by atoms with Crippen LogP contribution in [0.2, 0.25) is 0 Å². The molecule has 2 aromatic rings. The van der Waals surface area contributed by atoms with Crippen molar-refractivity contribution in [1.82, 2.24) is 0 Å². The van der Waals surface area contributed by atoms with Crippen molar-refractivity contribution in [3.05, 3.63) is 52.5 Å². The first-order chi connectivity index (χ1) is 12.0. The van der Waals surface area contributed by atoms with E-state index < -0.39 is 0 Å². The number of rotatable bonds is 7. The lowest BCUT2D eigenvalue weighted by Gasteiger charge is -2.13. The molecule has 132 valence electrons. The molecular weight excluding hydrogens is 386 g/mol. The van der Waals surface area contributed by atoms with E-state index in [4.69, 9.17) is 9.47 Å². The predicted octanol–water partition coefficient (Wildman–Crippen LogP) is 4.60. The molecule has 0 aliphatic heterocycles. The van der Waals surface area contributed by atoms with E-state index in [0.29, 0.717) is 30.4 Å². The second-order valence-corrected chi connectivity index (χ2v) is 5.92. The van der Waals surface area contributed by atoms with Crippen molar-refractivity contribution in [2.24, 2.45) is 0 Å². The highest BCUT2D eigenvalue weighted by molar-refractivity contribution is 9.10. The predicted molar refractivity (Wildman–Crippen MR) is 102 cm³/mol. The Hall–Kier alpha value is -2.47. The van der Waals surface area contributed by atoms with E-state index in [-0.39, 0.29) is 11.7 Å². The van der Waals surface area contributed by atoms with Crippen LogP contribution in [0.1, 0.15) is 19.4 Å². The van der Waals surface area contributed by atoms with Crippen molar-refractivity contribution in [1.29, 1.82) is 0 Å². The maximum absolute atomic E-state index is 12.0. The Morgan fingerprint density at radius 3 is 2.48 bits per heavy atom. The summed E-state index contributed by atoms with van der Waals surface area (Å²) in [6, 6.07) is 9.96. The van der Waals surface area contributed by atoms with Gasteiger partial charge in [-0.3, -0.25) is 4.79 Å². The topological polar surface area (TPSA) is 67.8 Å². The third-order valence-electron chi connectivity index (χ3n) is 3.18. The summed E-state index contributed by atoms with van der Waals surface area (Å²) in [6.07, 6.45) is 3.13. The minimum Gasteiger partial charge on any atom is -0.508 e. The van der Waals surface area contributed by atoms with Crippen molar-refractivity contribution >= 4 is 33.6 Å². The molecule has 0 aliphatic rings. The van der Waals surface area contributed by atoms with Gasteiger partial charge >= 0.3 is 0 Å². The molecule has 0 aliphatic carbocycles. The van der Waals surface area contributed by atoms with Gasteiger partial charge in [0.2, 0.25) is 5.91 Å². The summed E-state index contributed by atoms with van der Waals surface area (Å²) in [5.41, 5.74) is 1.41. The van der Waals surface area contributed by atoms with Crippen molar-refractivity contribution in [3.63, 3.8) is 0 Å². The third kappa shape index (κ3) is 5.53. The normalized spacial score (nSPS) is 10.7. The molecule has 0 unspecified atom stereocenters. The molecule has 2 aromatic carbocycles. The Bertz CT molecular complexity index is 757. The number of phenols is 1. The van der Waals surface area contributed by atoms with Crippen molar-refractivity contribution < 1.29 is 19.4 Å². The minimum absolute atomic E-state index is 0.149. The van der Waals surface area contributed by atoms with E-state index in [9.17, 15) is 9.90 Å². The Balaban J connectivity index is 2.13. The number of ether oxygens (including phenoxy) is 2. The fraction of sp³-hybridized carbons (Fsp3) is 0.211. The van der Waals surface area contributed by atoms with Gasteiger partial charge in [0, 0.05) is 11.8 Å². The summed E-state index contributed by atoms with van der Waals surface area (Å²) in [6.45, 7) is 4.85. The number of aromatic hydroxyl groups is 1. The highest BCUT2D eigenvalue weighted by Gasteiger charge is 2.11. The summed E-state index contributed by atoms with van der Waals surface area (Å²) < 4.78 is 12.0. The maximum Gasteiger partial charge on any atom is 0.248 e. The van der Waals surface area contributed by atoms with E-state index in [1.54, 1.807) is 18.2 Å². The van der Waals surface area contributed by atoms with Crippen LogP contribution >= 0.6 is 15.9 Å². The molecule has 0 saturated heterocycles. The van der Waals surface area contributed by atoms with Gasteiger partial charge in [0.25, 0.3) is 0 Å². The summed E-state index contributed by atoms with van der Waals surface area (Å²) in [5, 5.41) is 12.0. The summed E-state index contributed by atoms with van der Waals surface area (Å²) in [7, 11) is 0. The second-order valence-electron chi connectivity index (χ2n) is 5.07. The highest BCUT2D eigenvalue weighted by Crippen LogP contribution is 2.37. The monoisotopic (exact) mass is 405 g/mol. The number of hydrogen-bond acceptors (Lipinski definition) is 4. The molecule has 0 aromatic heterocycles. The first-order valence-electron chi connectivity index (χ1n) is 7.90. The van der Waals surface area contributed by atoms with Crippen LogP contribution < -0.4 is 14.8 Å². The van der Waals surface area contributed by atoms with Gasteiger partial charge in [-0.05, 0) is 77.8 Å². The molecule has 2 N–H and O–H groups in total. The fourth-order valence-electron chi connectivity index (χ4n) is 2.13. The molecule has 2 rings (SSSR count). The zero-order valence-electron chi connectivity index (χ0n) is 14.1. The van der Waals surface area contributed by atoms with Gasteiger partial charge in [-0.15, -0.1) is 0 Å². The number of nitrogens with one attached hydrogen (secondary N) is 1. The average Bonchev–Trinajstić information content (AvgIpc) is 2.58. The minimum atomic E-state index is -0.270. The summed E-state index contributed by atoms with van der Waals surface area (Å²) in [4.78, 5) is 12.0. The van der Waals surface area contributed by atoms with Crippen LogP contribution in [0.4, 0.5) is 5.69 Å². The molecule has 0 radical (unpaired) electrons. The number of carbonyl (C=O) groups is 1. The number of anilines is 1. The molecule has 0 bridgehead atoms. The van der Waals surface area contributed by atoms with Gasteiger partial charge in [0.15, 0.2) is 11.5 Å². The largest absolute Gasteiger partial charge is 0.508 e. The van der Waals surface area contributed by atoms with Gasteiger partial charge in [0.05, 0.1) is 17.7 Å². The number of amides is 1. The second kappa shape index (κ2) is 9.13. The lowest BCUT2D eigenvalue weighted by Crippen LogP contribution is -2.07. The van der Waals surface area contributed by atoms with Crippen molar-refractivity contribution in [3.8, 4) is 17.2 Å². The van der Waals surface area contributed by atoms with Crippen LogP contribution in [0.25, 0.3) is 6.08 Å². The van der Waals surface area contributed by atoms with Crippen LogP contribution in [0.15, 0.2) is 46.9 Å². The summed E-state index contributed by atoms with van der Waals surface area (Å²) >= 11 is 3.47. The highest BCUT2D eigenvalue weighted by atomic mass is 79.9. The zero-order chi connectivity index (χ0) is 18.2. The number of carbonyl (C=O) groups excluding carboxylic acids is 1. The van der Waals surface area contributed by atoms with Gasteiger partial charge < -0.3 is 19.9 Å².